The number of carbonyl (C=O) groups excluding carboxylic acids is 1. The molecule has 1 atom stereocenters. The lowest BCUT2D eigenvalue weighted by atomic mass is 9.95. The zero-order chi connectivity index (χ0) is 22.0. The summed E-state index contributed by atoms with van der Waals surface area (Å²) in [5, 5.41) is 2.86. The Morgan fingerprint density at radius 1 is 1.03 bits per heavy atom. The molecule has 7 nitrogen and oxygen atoms in total. The van der Waals surface area contributed by atoms with Crippen molar-refractivity contribution in [2.45, 2.75) is 25.8 Å². The maximum absolute atomic E-state index is 15.5. The van der Waals surface area contributed by atoms with Crippen LogP contribution in [0.4, 0.5) is 4.39 Å². The predicted molar refractivity (Wildman–Crippen MR) is 109 cm³/mol. The van der Waals surface area contributed by atoms with Crippen LogP contribution in [0.2, 0.25) is 0 Å². The van der Waals surface area contributed by atoms with Crippen LogP contribution < -0.4 is 29.7 Å². The van der Waals surface area contributed by atoms with Gasteiger partial charge in [0.1, 0.15) is 0 Å². The highest BCUT2D eigenvalue weighted by atomic mass is 19.1. The molecule has 0 aliphatic heterocycles. The molecule has 160 valence electrons. The van der Waals surface area contributed by atoms with Gasteiger partial charge < -0.3 is 24.3 Å². The summed E-state index contributed by atoms with van der Waals surface area (Å²) in [5.41, 5.74) is 1.54. The molecule has 0 aromatic heterocycles. The Kier molecular flexibility index (Phi) is 6.14. The number of hydrogen-bond acceptors (Lipinski definition) is 6. The molecule has 8 heteroatoms. The Morgan fingerprint density at radius 2 is 1.70 bits per heavy atom. The largest absolute Gasteiger partial charge is 0.493 e. The van der Waals surface area contributed by atoms with Crippen LogP contribution in [-0.4, -0.2) is 34.3 Å². The van der Waals surface area contributed by atoms with Crippen molar-refractivity contribution in [3.05, 3.63) is 45.4 Å². The Hall–Kier alpha value is -3.29. The summed E-state index contributed by atoms with van der Waals surface area (Å²) in [6.07, 6.45) is 0.660. The standard InChI is InChI=1S/C22H24FNO6/c1-11(25)24-15-8-6-13-18(12-7-9-17(27-2)16(26)10-14(12)15)20(28-3)22(30-5)21(29-4)19(13)23/h7,9-10,15H,6,8H2,1-5H3,(H,24,25)/t15-/m0/s1. The van der Waals surface area contributed by atoms with Gasteiger partial charge in [-0.15, -0.1) is 0 Å². The van der Waals surface area contributed by atoms with Gasteiger partial charge in [0.15, 0.2) is 17.3 Å². The van der Waals surface area contributed by atoms with Crippen LogP contribution in [0, 0.1) is 5.82 Å². The highest BCUT2D eigenvalue weighted by molar-refractivity contribution is 5.83. The minimum atomic E-state index is -0.569. The first-order valence-electron chi connectivity index (χ1n) is 9.37. The third-order valence-electron chi connectivity index (χ3n) is 5.18. The number of benzene rings is 1. The van der Waals surface area contributed by atoms with E-state index in [2.05, 4.69) is 5.32 Å². The molecule has 0 bridgehead atoms. The van der Waals surface area contributed by atoms with Gasteiger partial charge in [-0.05, 0) is 36.1 Å². The van der Waals surface area contributed by atoms with Crippen molar-refractivity contribution in [3.8, 4) is 34.1 Å². The van der Waals surface area contributed by atoms with Crippen LogP contribution in [0.5, 0.6) is 23.0 Å². The molecular formula is C22H24FNO6. The molecule has 1 aliphatic rings. The summed E-state index contributed by atoms with van der Waals surface area (Å²) in [6.45, 7) is 1.40. The molecular weight excluding hydrogens is 393 g/mol. The fourth-order valence-electron chi connectivity index (χ4n) is 3.93. The highest BCUT2D eigenvalue weighted by Crippen LogP contribution is 2.51. The molecule has 1 N–H and O–H groups in total. The van der Waals surface area contributed by atoms with Crippen LogP contribution in [0.1, 0.15) is 30.5 Å². The molecule has 0 heterocycles. The van der Waals surface area contributed by atoms with Gasteiger partial charge in [-0.1, -0.05) is 6.07 Å². The van der Waals surface area contributed by atoms with E-state index in [-0.39, 0.29) is 40.8 Å². The number of halogens is 1. The molecule has 0 fully saturated rings. The maximum Gasteiger partial charge on any atom is 0.220 e. The summed E-state index contributed by atoms with van der Waals surface area (Å²) in [6, 6.07) is 4.10. The van der Waals surface area contributed by atoms with Gasteiger partial charge >= 0.3 is 0 Å². The van der Waals surface area contributed by atoms with E-state index in [0.717, 1.165) is 0 Å². The van der Waals surface area contributed by atoms with Gasteiger partial charge in [0.25, 0.3) is 0 Å². The lowest BCUT2D eigenvalue weighted by Crippen LogP contribution is -2.26. The summed E-state index contributed by atoms with van der Waals surface area (Å²) >= 11 is 0. The minimum Gasteiger partial charge on any atom is -0.493 e. The number of carbonyl (C=O) groups is 1. The molecule has 0 radical (unpaired) electrons. The summed E-state index contributed by atoms with van der Waals surface area (Å²) in [5.74, 6) is -0.360. The van der Waals surface area contributed by atoms with E-state index in [1.165, 1.54) is 47.5 Å². The van der Waals surface area contributed by atoms with Crippen LogP contribution in [0.25, 0.3) is 11.1 Å². The molecule has 1 aliphatic carbocycles. The third kappa shape index (κ3) is 3.53. The number of nitrogens with one attached hydrogen (secondary N) is 1. The molecule has 1 amide bonds. The minimum absolute atomic E-state index is 0.0602. The van der Waals surface area contributed by atoms with Crippen molar-refractivity contribution in [1.82, 2.24) is 5.32 Å². The second-order valence-corrected chi connectivity index (χ2v) is 6.84. The van der Waals surface area contributed by atoms with E-state index in [0.29, 0.717) is 28.7 Å². The Morgan fingerprint density at radius 3 is 2.27 bits per heavy atom. The Bertz CT molecular complexity index is 1050. The zero-order valence-electron chi connectivity index (χ0n) is 17.6. The number of fused-ring (bicyclic) bond motifs is 3. The normalized spacial score (nSPS) is 14.7. The van der Waals surface area contributed by atoms with E-state index in [1.807, 2.05) is 0 Å². The van der Waals surface area contributed by atoms with Gasteiger partial charge in [0.2, 0.25) is 22.8 Å². The van der Waals surface area contributed by atoms with Gasteiger partial charge in [-0.2, -0.15) is 0 Å². The van der Waals surface area contributed by atoms with Crippen molar-refractivity contribution in [1.29, 1.82) is 0 Å². The molecule has 3 rings (SSSR count). The number of ether oxygens (including phenoxy) is 4. The molecule has 2 aromatic carbocycles. The fourth-order valence-corrected chi connectivity index (χ4v) is 3.93. The van der Waals surface area contributed by atoms with Crippen LogP contribution in [-0.2, 0) is 11.2 Å². The fraction of sp³-hybridized carbons (Fsp3) is 0.364. The predicted octanol–water partition coefficient (Wildman–Crippen LogP) is 3.01. The molecule has 0 saturated carbocycles. The average molecular weight is 417 g/mol. The van der Waals surface area contributed by atoms with Crippen molar-refractivity contribution < 1.29 is 28.1 Å². The summed E-state index contributed by atoms with van der Waals surface area (Å²) in [4.78, 5) is 24.5. The van der Waals surface area contributed by atoms with E-state index in [1.54, 1.807) is 6.07 Å². The SMILES string of the molecule is COc1c(F)c2c(c(OC)c1OC)-c1ccc(OC)c(=O)cc1[C@@H](NC(C)=O)CC2. The topological polar surface area (TPSA) is 83.1 Å². The number of hydrogen-bond donors (Lipinski definition) is 1. The first-order chi connectivity index (χ1) is 14.4. The van der Waals surface area contributed by atoms with Gasteiger partial charge in [0.05, 0.1) is 34.5 Å². The second kappa shape index (κ2) is 8.61. The highest BCUT2D eigenvalue weighted by Gasteiger charge is 2.33. The lowest BCUT2D eigenvalue weighted by molar-refractivity contribution is -0.119. The average Bonchev–Trinajstić information content (AvgIpc) is 2.96. The number of methoxy groups -OCH3 is 4. The van der Waals surface area contributed by atoms with Gasteiger partial charge in [0, 0.05) is 18.1 Å². The van der Waals surface area contributed by atoms with Crippen molar-refractivity contribution in [2.75, 3.05) is 28.4 Å². The monoisotopic (exact) mass is 417 g/mol. The van der Waals surface area contributed by atoms with Crippen molar-refractivity contribution >= 4 is 5.91 Å². The molecule has 30 heavy (non-hydrogen) atoms. The summed E-state index contributed by atoms with van der Waals surface area (Å²) < 4.78 is 36.9. The van der Waals surface area contributed by atoms with Crippen molar-refractivity contribution in [3.63, 3.8) is 0 Å². The Balaban J connectivity index is 2.47. The lowest BCUT2D eigenvalue weighted by Gasteiger charge is -2.20. The van der Waals surface area contributed by atoms with E-state index < -0.39 is 11.9 Å². The van der Waals surface area contributed by atoms with Crippen LogP contribution >= 0.6 is 0 Å². The Labute approximate surface area is 173 Å². The van der Waals surface area contributed by atoms with E-state index in [9.17, 15) is 9.59 Å². The molecule has 0 saturated heterocycles. The van der Waals surface area contributed by atoms with Gasteiger partial charge in [-0.3, -0.25) is 9.59 Å². The van der Waals surface area contributed by atoms with Crippen LogP contribution in [0.3, 0.4) is 0 Å². The molecule has 0 spiro atoms. The van der Waals surface area contributed by atoms with E-state index in [4.69, 9.17) is 18.9 Å². The quantitative estimate of drug-likeness (QED) is 0.805. The molecule has 0 unspecified atom stereocenters. The first-order valence-corrected chi connectivity index (χ1v) is 9.37. The first kappa shape index (κ1) is 21.4. The number of rotatable bonds is 5. The number of amides is 1. The van der Waals surface area contributed by atoms with Gasteiger partial charge in [-0.25, -0.2) is 4.39 Å². The maximum atomic E-state index is 15.5. The smallest absolute Gasteiger partial charge is 0.220 e. The summed E-state index contributed by atoms with van der Waals surface area (Å²) in [7, 11) is 5.60. The molecule has 2 aromatic rings. The van der Waals surface area contributed by atoms with Crippen LogP contribution in [0.15, 0.2) is 23.0 Å². The second-order valence-electron chi connectivity index (χ2n) is 6.84. The van der Waals surface area contributed by atoms with Crippen molar-refractivity contribution in [2.24, 2.45) is 0 Å². The zero-order valence-corrected chi connectivity index (χ0v) is 17.6. The van der Waals surface area contributed by atoms with E-state index >= 15 is 4.39 Å². The third-order valence-corrected chi connectivity index (χ3v) is 5.18.